The number of nitrogens with one attached hydrogen (secondary N) is 2. The van der Waals surface area contributed by atoms with Crippen molar-refractivity contribution in [3.63, 3.8) is 0 Å². The van der Waals surface area contributed by atoms with E-state index >= 15 is 0 Å². The molecule has 0 aliphatic carbocycles. The highest BCUT2D eigenvalue weighted by Crippen LogP contribution is 2.02. The molecule has 1 rings (SSSR count). The number of nitrogens with two attached hydrogens (primary N) is 1. The van der Waals surface area contributed by atoms with Gasteiger partial charge < -0.3 is 16.4 Å². The molecule has 86 valence electrons. The van der Waals surface area contributed by atoms with E-state index in [1.165, 1.54) is 19.9 Å². The fraction of sp³-hybridized carbons (Fsp3) is 0.900. The van der Waals surface area contributed by atoms with Gasteiger partial charge in [-0.15, -0.1) is 0 Å². The number of hydrogen-bond donors (Lipinski definition) is 3. The Morgan fingerprint density at radius 3 is 2.21 bits per heavy atom. The summed E-state index contributed by atoms with van der Waals surface area (Å²) in [6, 6.07) is 0. The second-order valence-corrected chi connectivity index (χ2v) is 2.90. The third-order valence-electron chi connectivity index (χ3n) is 1.85. The molecule has 0 aromatic rings. The Balaban J connectivity index is 0. The molecule has 1 atom stereocenters. The van der Waals surface area contributed by atoms with Crippen LogP contribution in [-0.4, -0.2) is 32.6 Å². The molecule has 1 amide bonds. The molecule has 0 aromatic carbocycles. The Hall–Kier alpha value is -0.610. The number of carbonyl (C=O) groups excluding carboxylic acids is 1. The molecular weight excluding hydrogens is 178 g/mol. The van der Waals surface area contributed by atoms with Crippen molar-refractivity contribution in [3.8, 4) is 0 Å². The highest BCUT2D eigenvalue weighted by Gasteiger charge is 2.10. The summed E-state index contributed by atoms with van der Waals surface area (Å²) < 4.78 is 0. The van der Waals surface area contributed by atoms with E-state index in [4.69, 9.17) is 5.73 Å². The van der Waals surface area contributed by atoms with Crippen LogP contribution in [-0.2, 0) is 4.79 Å². The Morgan fingerprint density at radius 1 is 1.57 bits per heavy atom. The molecular formula is C10H25N3O. The van der Waals surface area contributed by atoms with Gasteiger partial charge in [0.05, 0.1) is 0 Å². The number of amides is 1. The predicted molar refractivity (Wildman–Crippen MR) is 61.1 cm³/mol. The third-order valence-corrected chi connectivity index (χ3v) is 1.85. The maximum atomic E-state index is 9.70. The Kier molecular flexibility index (Phi) is 14.0. The van der Waals surface area contributed by atoms with Gasteiger partial charge in [0.15, 0.2) is 0 Å². The van der Waals surface area contributed by atoms with Crippen molar-refractivity contribution in [2.75, 3.05) is 26.7 Å². The molecule has 1 heterocycles. The molecule has 1 aliphatic heterocycles. The molecule has 1 fully saturated rings. The van der Waals surface area contributed by atoms with Gasteiger partial charge in [-0.3, -0.25) is 4.79 Å². The van der Waals surface area contributed by atoms with Gasteiger partial charge >= 0.3 is 0 Å². The van der Waals surface area contributed by atoms with Crippen LogP contribution in [0.25, 0.3) is 0 Å². The van der Waals surface area contributed by atoms with Crippen LogP contribution in [0.2, 0.25) is 0 Å². The minimum absolute atomic E-state index is 0.00463. The zero-order valence-electron chi connectivity index (χ0n) is 9.89. The minimum atomic E-state index is 0.00463. The zero-order valence-corrected chi connectivity index (χ0v) is 9.89. The van der Waals surface area contributed by atoms with Gasteiger partial charge in [0.2, 0.25) is 5.91 Å². The SMILES string of the molecule is CC.CNC(C)=O.NCC1CCNC1. The summed E-state index contributed by atoms with van der Waals surface area (Å²) in [5, 5.41) is 5.63. The van der Waals surface area contributed by atoms with Crippen LogP contribution < -0.4 is 16.4 Å². The molecule has 14 heavy (non-hydrogen) atoms. The fourth-order valence-electron chi connectivity index (χ4n) is 0.916. The van der Waals surface area contributed by atoms with Crippen LogP contribution in [0.5, 0.6) is 0 Å². The molecule has 0 bridgehead atoms. The molecule has 1 aliphatic rings. The van der Waals surface area contributed by atoms with Crippen molar-refractivity contribution in [2.24, 2.45) is 11.7 Å². The Bertz CT molecular complexity index is 123. The van der Waals surface area contributed by atoms with Crippen molar-refractivity contribution < 1.29 is 4.79 Å². The molecule has 0 aromatic heterocycles. The normalized spacial score (nSPS) is 18.5. The molecule has 0 radical (unpaired) electrons. The monoisotopic (exact) mass is 203 g/mol. The second kappa shape index (κ2) is 12.4. The summed E-state index contributed by atoms with van der Waals surface area (Å²) in [5.41, 5.74) is 5.39. The summed E-state index contributed by atoms with van der Waals surface area (Å²) in [7, 11) is 1.60. The number of carbonyl (C=O) groups is 1. The lowest BCUT2D eigenvalue weighted by Crippen LogP contribution is -2.16. The van der Waals surface area contributed by atoms with Crippen molar-refractivity contribution in [1.29, 1.82) is 0 Å². The summed E-state index contributed by atoms with van der Waals surface area (Å²) >= 11 is 0. The van der Waals surface area contributed by atoms with Crippen molar-refractivity contribution >= 4 is 5.91 Å². The number of rotatable bonds is 1. The maximum Gasteiger partial charge on any atom is 0.216 e. The van der Waals surface area contributed by atoms with Crippen LogP contribution in [0.3, 0.4) is 0 Å². The minimum Gasteiger partial charge on any atom is -0.359 e. The third kappa shape index (κ3) is 11.4. The largest absolute Gasteiger partial charge is 0.359 e. The second-order valence-electron chi connectivity index (χ2n) is 2.90. The van der Waals surface area contributed by atoms with E-state index in [0.717, 1.165) is 19.0 Å². The lowest BCUT2D eigenvalue weighted by Gasteiger charge is -1.98. The van der Waals surface area contributed by atoms with Crippen molar-refractivity contribution in [3.05, 3.63) is 0 Å². The molecule has 0 spiro atoms. The van der Waals surface area contributed by atoms with Crippen LogP contribution in [0.4, 0.5) is 0 Å². The lowest BCUT2D eigenvalue weighted by atomic mass is 10.1. The van der Waals surface area contributed by atoms with Gasteiger partial charge in [0.1, 0.15) is 0 Å². The first-order valence-electron chi connectivity index (χ1n) is 5.29. The average molecular weight is 203 g/mol. The number of hydrogen-bond acceptors (Lipinski definition) is 3. The van der Waals surface area contributed by atoms with Crippen LogP contribution >= 0.6 is 0 Å². The van der Waals surface area contributed by atoms with Gasteiger partial charge in [0, 0.05) is 14.0 Å². The Labute approximate surface area is 87.6 Å². The van der Waals surface area contributed by atoms with Crippen LogP contribution in [0.1, 0.15) is 27.2 Å². The maximum absolute atomic E-state index is 9.70. The lowest BCUT2D eigenvalue weighted by molar-refractivity contribution is -0.118. The van der Waals surface area contributed by atoms with Crippen molar-refractivity contribution in [1.82, 2.24) is 10.6 Å². The highest BCUT2D eigenvalue weighted by atomic mass is 16.1. The first-order chi connectivity index (χ1) is 6.70. The summed E-state index contributed by atoms with van der Waals surface area (Å²) in [6.45, 7) is 8.63. The van der Waals surface area contributed by atoms with E-state index in [1.807, 2.05) is 13.8 Å². The van der Waals surface area contributed by atoms with Gasteiger partial charge in [-0.1, -0.05) is 13.8 Å². The van der Waals surface area contributed by atoms with Crippen molar-refractivity contribution in [2.45, 2.75) is 27.2 Å². The van der Waals surface area contributed by atoms with Gasteiger partial charge in [-0.2, -0.15) is 0 Å². The topological polar surface area (TPSA) is 67.2 Å². The molecule has 4 heteroatoms. The molecule has 0 saturated carbocycles. The summed E-state index contributed by atoms with van der Waals surface area (Å²) in [4.78, 5) is 9.70. The average Bonchev–Trinajstić information content (AvgIpc) is 2.74. The Morgan fingerprint density at radius 2 is 2.07 bits per heavy atom. The zero-order chi connectivity index (χ0) is 11.4. The van der Waals surface area contributed by atoms with Gasteiger partial charge in [-0.25, -0.2) is 0 Å². The first-order valence-corrected chi connectivity index (χ1v) is 5.29. The molecule has 1 unspecified atom stereocenters. The van der Waals surface area contributed by atoms with E-state index in [0.29, 0.717) is 0 Å². The summed E-state index contributed by atoms with van der Waals surface area (Å²) in [6.07, 6.45) is 1.27. The predicted octanol–water partition coefficient (Wildman–Crippen LogP) is 0.333. The summed E-state index contributed by atoms with van der Waals surface area (Å²) in [5.74, 6) is 0.769. The van der Waals surface area contributed by atoms with E-state index in [9.17, 15) is 4.79 Å². The van der Waals surface area contributed by atoms with Crippen LogP contribution in [0.15, 0.2) is 0 Å². The van der Waals surface area contributed by atoms with E-state index in [2.05, 4.69) is 10.6 Å². The molecule has 4 N–H and O–H groups in total. The highest BCUT2D eigenvalue weighted by molar-refractivity contribution is 5.72. The standard InChI is InChI=1S/C5H12N2.C3H7NO.C2H6/c6-3-5-1-2-7-4-5;1-3(5)4-2;1-2/h5,7H,1-4,6H2;1-2H3,(H,4,5);1-2H3. The quantitative estimate of drug-likeness (QED) is 0.575. The van der Waals surface area contributed by atoms with E-state index in [1.54, 1.807) is 7.05 Å². The van der Waals surface area contributed by atoms with Gasteiger partial charge in [0.25, 0.3) is 0 Å². The smallest absolute Gasteiger partial charge is 0.216 e. The first kappa shape index (κ1) is 15.8. The molecule has 1 saturated heterocycles. The van der Waals surface area contributed by atoms with Gasteiger partial charge in [-0.05, 0) is 32.0 Å². The fourth-order valence-corrected chi connectivity index (χ4v) is 0.916. The van der Waals surface area contributed by atoms with Crippen LogP contribution in [0, 0.1) is 5.92 Å². The molecule has 4 nitrogen and oxygen atoms in total. The van der Waals surface area contributed by atoms with E-state index < -0.39 is 0 Å². The van der Waals surface area contributed by atoms with E-state index in [-0.39, 0.29) is 5.91 Å².